The molecule has 0 heterocycles. The molecule has 116 valence electrons. The molecule has 0 saturated heterocycles. The Morgan fingerprint density at radius 1 is 1.24 bits per heavy atom. The average molecular weight is 289 g/mol. The van der Waals surface area contributed by atoms with Gasteiger partial charge in [-0.25, -0.2) is 0 Å². The maximum atomic E-state index is 12.5. The molecule has 1 unspecified atom stereocenters. The molecule has 1 aliphatic carbocycles. The highest BCUT2D eigenvalue weighted by atomic mass is 16.3. The van der Waals surface area contributed by atoms with Gasteiger partial charge in [-0.1, -0.05) is 49.1 Å². The second-order valence-corrected chi connectivity index (χ2v) is 6.18. The van der Waals surface area contributed by atoms with Gasteiger partial charge in [-0.3, -0.25) is 4.79 Å². The van der Waals surface area contributed by atoms with E-state index in [9.17, 15) is 9.90 Å². The zero-order valence-corrected chi connectivity index (χ0v) is 13.2. The molecule has 1 N–H and O–H groups in total. The molecule has 2 rings (SSSR count). The van der Waals surface area contributed by atoms with E-state index < -0.39 is 6.10 Å². The molecule has 0 radical (unpaired) electrons. The van der Waals surface area contributed by atoms with Crippen molar-refractivity contribution in [1.82, 2.24) is 4.90 Å². The lowest BCUT2D eigenvalue weighted by atomic mass is 9.85. The van der Waals surface area contributed by atoms with E-state index in [1.807, 2.05) is 6.92 Å². The standard InChI is InChI=1S/C18H27NO2/c1-3-19(13-15-11-9-14(2)10-12-15)18(21)17(20)16-7-5-4-6-8-16/h9-12,16-17,20H,3-8,13H2,1-2H3. The smallest absolute Gasteiger partial charge is 0.251 e. The molecule has 3 nitrogen and oxygen atoms in total. The van der Waals surface area contributed by atoms with Crippen LogP contribution >= 0.6 is 0 Å². The first kappa shape index (κ1) is 16.0. The normalized spacial score (nSPS) is 17.5. The molecule has 0 aromatic heterocycles. The Labute approximate surface area is 128 Å². The average Bonchev–Trinajstić information content (AvgIpc) is 2.54. The van der Waals surface area contributed by atoms with Crippen molar-refractivity contribution in [2.45, 2.75) is 58.6 Å². The van der Waals surface area contributed by atoms with Gasteiger partial charge in [0.15, 0.2) is 0 Å². The minimum Gasteiger partial charge on any atom is -0.383 e. The van der Waals surface area contributed by atoms with Crippen LogP contribution in [0.5, 0.6) is 0 Å². The van der Waals surface area contributed by atoms with E-state index in [-0.39, 0.29) is 11.8 Å². The van der Waals surface area contributed by atoms with Crippen molar-refractivity contribution in [3.05, 3.63) is 35.4 Å². The predicted octanol–water partition coefficient (Wildman–Crippen LogP) is 3.28. The first-order valence-corrected chi connectivity index (χ1v) is 8.14. The number of aliphatic hydroxyl groups is 1. The van der Waals surface area contributed by atoms with E-state index in [1.165, 1.54) is 12.0 Å². The summed E-state index contributed by atoms with van der Waals surface area (Å²) in [5.41, 5.74) is 2.34. The van der Waals surface area contributed by atoms with Gasteiger partial charge in [0.25, 0.3) is 5.91 Å². The number of benzene rings is 1. The molecule has 1 aliphatic rings. The predicted molar refractivity (Wildman–Crippen MR) is 84.9 cm³/mol. The molecule has 0 spiro atoms. The third-order valence-corrected chi connectivity index (χ3v) is 4.54. The van der Waals surface area contributed by atoms with Gasteiger partial charge in [0.2, 0.25) is 0 Å². The van der Waals surface area contributed by atoms with Gasteiger partial charge in [0.05, 0.1) is 0 Å². The Morgan fingerprint density at radius 2 is 1.86 bits per heavy atom. The number of rotatable bonds is 5. The van der Waals surface area contributed by atoms with Crippen molar-refractivity contribution < 1.29 is 9.90 Å². The van der Waals surface area contributed by atoms with Crippen LogP contribution in [-0.2, 0) is 11.3 Å². The number of aliphatic hydroxyl groups excluding tert-OH is 1. The number of carbonyl (C=O) groups is 1. The lowest BCUT2D eigenvalue weighted by Crippen LogP contribution is -2.42. The van der Waals surface area contributed by atoms with Crippen LogP contribution in [0.2, 0.25) is 0 Å². The molecule has 1 saturated carbocycles. The first-order chi connectivity index (χ1) is 10.1. The fourth-order valence-corrected chi connectivity index (χ4v) is 3.10. The Hall–Kier alpha value is -1.35. The van der Waals surface area contributed by atoms with Crippen molar-refractivity contribution in [3.63, 3.8) is 0 Å². The number of likely N-dealkylation sites (N-methyl/N-ethyl adjacent to an activating group) is 1. The third kappa shape index (κ3) is 4.31. The number of hydrogen-bond donors (Lipinski definition) is 1. The SMILES string of the molecule is CCN(Cc1ccc(C)cc1)C(=O)C(O)C1CCCCC1. The maximum absolute atomic E-state index is 12.5. The van der Waals surface area contributed by atoms with Crippen LogP contribution in [0.4, 0.5) is 0 Å². The van der Waals surface area contributed by atoms with Crippen molar-refractivity contribution in [3.8, 4) is 0 Å². The van der Waals surface area contributed by atoms with Crippen molar-refractivity contribution >= 4 is 5.91 Å². The molecule has 0 bridgehead atoms. The molecule has 3 heteroatoms. The Morgan fingerprint density at radius 3 is 2.43 bits per heavy atom. The fraction of sp³-hybridized carbons (Fsp3) is 0.611. The molecule has 1 atom stereocenters. The highest BCUT2D eigenvalue weighted by Crippen LogP contribution is 2.27. The van der Waals surface area contributed by atoms with Gasteiger partial charge in [0, 0.05) is 13.1 Å². The highest BCUT2D eigenvalue weighted by Gasteiger charge is 2.30. The molecular formula is C18H27NO2. The Kier molecular flexibility index (Phi) is 5.80. The second-order valence-electron chi connectivity index (χ2n) is 6.18. The van der Waals surface area contributed by atoms with Crippen molar-refractivity contribution in [2.24, 2.45) is 5.92 Å². The lowest BCUT2D eigenvalue weighted by molar-refractivity contribution is -0.144. The number of amides is 1. The summed E-state index contributed by atoms with van der Waals surface area (Å²) in [5.74, 6) is 0.0447. The van der Waals surface area contributed by atoms with Gasteiger partial charge < -0.3 is 10.0 Å². The van der Waals surface area contributed by atoms with Crippen LogP contribution in [0.15, 0.2) is 24.3 Å². The van der Waals surface area contributed by atoms with Crippen LogP contribution < -0.4 is 0 Å². The summed E-state index contributed by atoms with van der Waals surface area (Å²) in [4.78, 5) is 14.3. The summed E-state index contributed by atoms with van der Waals surface area (Å²) >= 11 is 0. The van der Waals surface area contributed by atoms with Crippen LogP contribution in [0.3, 0.4) is 0 Å². The quantitative estimate of drug-likeness (QED) is 0.903. The third-order valence-electron chi connectivity index (χ3n) is 4.54. The summed E-state index contributed by atoms with van der Waals surface area (Å²) in [6, 6.07) is 8.23. The van der Waals surface area contributed by atoms with Gasteiger partial charge >= 0.3 is 0 Å². The number of aryl methyl sites for hydroxylation is 1. The van der Waals surface area contributed by atoms with E-state index >= 15 is 0 Å². The van der Waals surface area contributed by atoms with E-state index in [1.54, 1.807) is 4.90 Å². The summed E-state index contributed by atoms with van der Waals surface area (Å²) in [7, 11) is 0. The molecule has 1 fully saturated rings. The van der Waals surface area contributed by atoms with Gasteiger partial charge in [0.1, 0.15) is 6.10 Å². The largest absolute Gasteiger partial charge is 0.383 e. The monoisotopic (exact) mass is 289 g/mol. The lowest BCUT2D eigenvalue weighted by Gasteiger charge is -2.30. The Balaban J connectivity index is 1.98. The molecule has 0 aliphatic heterocycles. The van der Waals surface area contributed by atoms with Gasteiger partial charge in [-0.2, -0.15) is 0 Å². The van der Waals surface area contributed by atoms with E-state index in [2.05, 4.69) is 31.2 Å². The van der Waals surface area contributed by atoms with Crippen LogP contribution in [0, 0.1) is 12.8 Å². The zero-order valence-electron chi connectivity index (χ0n) is 13.2. The minimum atomic E-state index is -0.823. The van der Waals surface area contributed by atoms with E-state index in [0.29, 0.717) is 13.1 Å². The highest BCUT2D eigenvalue weighted by molar-refractivity contribution is 5.81. The van der Waals surface area contributed by atoms with Crippen LogP contribution in [0.1, 0.15) is 50.2 Å². The molecule has 1 aromatic rings. The second kappa shape index (κ2) is 7.60. The van der Waals surface area contributed by atoms with E-state index in [4.69, 9.17) is 0 Å². The minimum absolute atomic E-state index is 0.107. The summed E-state index contributed by atoms with van der Waals surface area (Å²) in [5, 5.41) is 10.4. The first-order valence-electron chi connectivity index (χ1n) is 8.14. The molecule has 1 aromatic carbocycles. The maximum Gasteiger partial charge on any atom is 0.251 e. The number of carbonyl (C=O) groups excluding carboxylic acids is 1. The van der Waals surface area contributed by atoms with E-state index in [0.717, 1.165) is 31.2 Å². The topological polar surface area (TPSA) is 40.5 Å². The van der Waals surface area contributed by atoms with Crippen molar-refractivity contribution in [1.29, 1.82) is 0 Å². The summed E-state index contributed by atoms with van der Waals surface area (Å²) in [6.45, 7) is 5.24. The number of nitrogens with zero attached hydrogens (tertiary/aromatic N) is 1. The van der Waals surface area contributed by atoms with Crippen molar-refractivity contribution in [2.75, 3.05) is 6.54 Å². The summed E-state index contributed by atoms with van der Waals surface area (Å²) in [6.07, 6.45) is 4.65. The summed E-state index contributed by atoms with van der Waals surface area (Å²) < 4.78 is 0. The number of hydrogen-bond acceptors (Lipinski definition) is 2. The molecule has 21 heavy (non-hydrogen) atoms. The van der Waals surface area contributed by atoms with Crippen LogP contribution in [0.25, 0.3) is 0 Å². The zero-order chi connectivity index (χ0) is 15.2. The van der Waals surface area contributed by atoms with Gasteiger partial charge in [-0.15, -0.1) is 0 Å². The Bertz CT molecular complexity index is 449. The van der Waals surface area contributed by atoms with Gasteiger partial charge in [-0.05, 0) is 38.2 Å². The molecule has 1 amide bonds. The molecular weight excluding hydrogens is 262 g/mol. The fourth-order valence-electron chi connectivity index (χ4n) is 3.10. The van der Waals surface area contributed by atoms with Crippen LogP contribution in [-0.4, -0.2) is 28.6 Å².